The minimum atomic E-state index is -0.985. The van der Waals surface area contributed by atoms with Gasteiger partial charge in [0, 0.05) is 13.1 Å². The number of nitrogens with one attached hydrogen (secondary N) is 1. The summed E-state index contributed by atoms with van der Waals surface area (Å²) in [5, 5.41) is 11.6. The quantitative estimate of drug-likeness (QED) is 0.756. The maximum atomic E-state index is 11.8. The number of nitrogens with zero attached hydrogens (tertiary/aromatic N) is 1. The van der Waals surface area contributed by atoms with E-state index in [0.717, 1.165) is 0 Å². The second kappa shape index (κ2) is 6.44. The van der Waals surface area contributed by atoms with E-state index in [1.807, 2.05) is 13.8 Å². The molecule has 6 heteroatoms. The molecule has 98 valence electrons. The first-order chi connectivity index (χ1) is 8.06. The number of carbonyl (C=O) groups excluding carboxylic acids is 1. The number of rotatable bonds is 4. The van der Waals surface area contributed by atoms with Crippen LogP contribution in [0.15, 0.2) is 0 Å². The molecular formula is C11H20N2O4. The Morgan fingerprint density at radius 3 is 2.47 bits per heavy atom. The molecule has 1 heterocycles. The smallest absolute Gasteiger partial charge is 0.326 e. The number of urea groups is 1. The van der Waals surface area contributed by atoms with Crippen LogP contribution in [0.4, 0.5) is 4.79 Å². The zero-order valence-electron chi connectivity index (χ0n) is 10.3. The minimum Gasteiger partial charge on any atom is -0.480 e. The highest BCUT2D eigenvalue weighted by Crippen LogP contribution is 2.09. The number of hydrogen-bond donors (Lipinski definition) is 2. The number of carboxylic acids is 1. The van der Waals surface area contributed by atoms with E-state index in [1.54, 1.807) is 4.90 Å². The zero-order valence-corrected chi connectivity index (χ0v) is 10.3. The van der Waals surface area contributed by atoms with Crippen LogP contribution in [-0.2, 0) is 9.53 Å². The van der Waals surface area contributed by atoms with Crippen LogP contribution in [0.25, 0.3) is 0 Å². The van der Waals surface area contributed by atoms with Gasteiger partial charge in [-0.3, -0.25) is 0 Å². The van der Waals surface area contributed by atoms with Crippen LogP contribution in [-0.4, -0.2) is 54.4 Å². The van der Waals surface area contributed by atoms with Crippen molar-refractivity contribution in [2.45, 2.75) is 26.3 Å². The van der Waals surface area contributed by atoms with Crippen LogP contribution in [0.2, 0.25) is 0 Å². The van der Waals surface area contributed by atoms with Crippen LogP contribution in [0.3, 0.4) is 0 Å². The van der Waals surface area contributed by atoms with Crippen molar-refractivity contribution in [3.8, 4) is 0 Å². The predicted molar refractivity (Wildman–Crippen MR) is 61.8 cm³/mol. The van der Waals surface area contributed by atoms with Crippen molar-refractivity contribution in [3.05, 3.63) is 0 Å². The number of aliphatic carboxylic acids is 1. The standard InChI is InChI=1S/C11H20N2O4/c1-3-8(2)9(10(14)15)12-11(16)13-4-6-17-7-5-13/h8-9H,3-7H2,1-2H3,(H,12,16)(H,14,15)/t8-,9+/m1/s1. The number of carboxylic acid groups (broad SMARTS) is 1. The van der Waals surface area contributed by atoms with E-state index in [1.165, 1.54) is 0 Å². The Kier molecular flexibility index (Phi) is 5.21. The fourth-order valence-electron chi connectivity index (χ4n) is 1.67. The summed E-state index contributed by atoms with van der Waals surface area (Å²) in [7, 11) is 0. The number of hydrogen-bond acceptors (Lipinski definition) is 3. The van der Waals surface area contributed by atoms with Gasteiger partial charge in [-0.25, -0.2) is 9.59 Å². The van der Waals surface area contributed by atoms with Crippen molar-refractivity contribution in [3.63, 3.8) is 0 Å². The van der Waals surface area contributed by atoms with Gasteiger partial charge >= 0.3 is 12.0 Å². The molecule has 0 aliphatic carbocycles. The van der Waals surface area contributed by atoms with Gasteiger partial charge in [0.2, 0.25) is 0 Å². The summed E-state index contributed by atoms with van der Waals surface area (Å²) in [4.78, 5) is 24.5. The summed E-state index contributed by atoms with van der Waals surface area (Å²) >= 11 is 0. The van der Waals surface area contributed by atoms with Gasteiger partial charge in [0.1, 0.15) is 6.04 Å². The largest absolute Gasteiger partial charge is 0.480 e. The first kappa shape index (κ1) is 13.8. The second-order valence-electron chi connectivity index (χ2n) is 4.25. The molecule has 1 aliphatic heterocycles. The topological polar surface area (TPSA) is 78.9 Å². The van der Waals surface area contributed by atoms with Crippen molar-refractivity contribution in [1.29, 1.82) is 0 Å². The van der Waals surface area contributed by atoms with Crippen LogP contribution >= 0.6 is 0 Å². The Morgan fingerprint density at radius 1 is 1.41 bits per heavy atom. The molecule has 17 heavy (non-hydrogen) atoms. The first-order valence-electron chi connectivity index (χ1n) is 5.92. The Balaban J connectivity index is 2.53. The van der Waals surface area contributed by atoms with Crippen LogP contribution in [0.1, 0.15) is 20.3 Å². The lowest BCUT2D eigenvalue weighted by atomic mass is 9.99. The van der Waals surface area contributed by atoms with Gasteiger partial charge in [-0.1, -0.05) is 20.3 Å². The fraction of sp³-hybridized carbons (Fsp3) is 0.818. The van der Waals surface area contributed by atoms with Crippen molar-refractivity contribution in [2.75, 3.05) is 26.3 Å². The molecule has 2 atom stereocenters. The Morgan fingerprint density at radius 2 is 2.00 bits per heavy atom. The summed E-state index contributed by atoms with van der Waals surface area (Å²) in [6.07, 6.45) is 0.709. The van der Waals surface area contributed by atoms with Crippen LogP contribution < -0.4 is 5.32 Å². The van der Waals surface area contributed by atoms with E-state index in [9.17, 15) is 9.59 Å². The predicted octanol–water partition coefficient (Wildman–Crippen LogP) is 0.527. The molecule has 0 aromatic heterocycles. The van der Waals surface area contributed by atoms with E-state index >= 15 is 0 Å². The first-order valence-corrected chi connectivity index (χ1v) is 5.92. The maximum Gasteiger partial charge on any atom is 0.326 e. The maximum absolute atomic E-state index is 11.8. The average Bonchev–Trinajstić information content (AvgIpc) is 2.35. The van der Waals surface area contributed by atoms with E-state index < -0.39 is 12.0 Å². The Hall–Kier alpha value is -1.30. The SMILES string of the molecule is CC[C@@H](C)[C@H](NC(=O)N1CCOCC1)C(=O)O. The molecular weight excluding hydrogens is 224 g/mol. The molecule has 0 aromatic rings. The normalized spacial score (nSPS) is 19.5. The van der Waals surface area contributed by atoms with Gasteiger partial charge in [-0.05, 0) is 5.92 Å². The molecule has 1 fully saturated rings. The molecule has 2 N–H and O–H groups in total. The molecule has 0 aromatic carbocycles. The lowest BCUT2D eigenvalue weighted by Gasteiger charge is -2.29. The third-order valence-electron chi connectivity index (χ3n) is 3.06. The zero-order chi connectivity index (χ0) is 12.8. The monoisotopic (exact) mass is 244 g/mol. The summed E-state index contributed by atoms with van der Waals surface area (Å²) < 4.78 is 5.13. The third kappa shape index (κ3) is 3.89. The van der Waals surface area contributed by atoms with Crippen LogP contribution in [0, 0.1) is 5.92 Å². The molecule has 0 radical (unpaired) electrons. The van der Waals surface area contributed by atoms with E-state index in [2.05, 4.69) is 5.32 Å². The number of amides is 2. The lowest BCUT2D eigenvalue weighted by molar-refractivity contribution is -0.140. The molecule has 1 saturated heterocycles. The fourth-order valence-corrected chi connectivity index (χ4v) is 1.67. The van der Waals surface area contributed by atoms with Gasteiger partial charge in [0.15, 0.2) is 0 Å². The lowest BCUT2D eigenvalue weighted by Crippen LogP contribution is -2.53. The van der Waals surface area contributed by atoms with E-state index in [-0.39, 0.29) is 11.9 Å². The summed E-state index contributed by atoms with van der Waals surface area (Å²) in [6.45, 7) is 5.76. The summed E-state index contributed by atoms with van der Waals surface area (Å²) in [5.74, 6) is -1.07. The third-order valence-corrected chi connectivity index (χ3v) is 3.06. The molecule has 1 aliphatic rings. The molecule has 0 spiro atoms. The molecule has 0 bridgehead atoms. The molecule has 0 unspecified atom stereocenters. The van der Waals surface area contributed by atoms with Gasteiger partial charge in [-0.15, -0.1) is 0 Å². The Bertz CT molecular complexity index is 277. The second-order valence-corrected chi connectivity index (χ2v) is 4.25. The minimum absolute atomic E-state index is 0.0857. The van der Waals surface area contributed by atoms with Gasteiger partial charge in [-0.2, -0.15) is 0 Å². The van der Waals surface area contributed by atoms with Crippen molar-refractivity contribution in [2.24, 2.45) is 5.92 Å². The van der Waals surface area contributed by atoms with Gasteiger partial charge in [0.25, 0.3) is 0 Å². The number of carbonyl (C=O) groups is 2. The van der Waals surface area contributed by atoms with Gasteiger partial charge < -0.3 is 20.1 Å². The highest BCUT2D eigenvalue weighted by molar-refractivity contribution is 5.82. The Labute approximate surface area is 101 Å². The van der Waals surface area contributed by atoms with Gasteiger partial charge in [0.05, 0.1) is 13.2 Å². The van der Waals surface area contributed by atoms with Crippen molar-refractivity contribution in [1.82, 2.24) is 10.2 Å². The molecule has 1 rings (SSSR count). The van der Waals surface area contributed by atoms with Crippen molar-refractivity contribution < 1.29 is 19.4 Å². The summed E-state index contributed by atoms with van der Waals surface area (Å²) in [6, 6.07) is -1.14. The number of morpholine rings is 1. The highest BCUT2D eigenvalue weighted by Gasteiger charge is 2.27. The molecule has 2 amide bonds. The molecule has 0 saturated carbocycles. The number of ether oxygens (including phenoxy) is 1. The van der Waals surface area contributed by atoms with E-state index in [4.69, 9.17) is 9.84 Å². The van der Waals surface area contributed by atoms with Crippen molar-refractivity contribution >= 4 is 12.0 Å². The highest BCUT2D eigenvalue weighted by atomic mass is 16.5. The van der Waals surface area contributed by atoms with Crippen LogP contribution in [0.5, 0.6) is 0 Å². The average molecular weight is 244 g/mol. The van der Waals surface area contributed by atoms with E-state index in [0.29, 0.717) is 32.7 Å². The molecule has 6 nitrogen and oxygen atoms in total. The summed E-state index contributed by atoms with van der Waals surface area (Å²) in [5.41, 5.74) is 0.